The van der Waals surface area contributed by atoms with Crippen LogP contribution in [0.5, 0.6) is 0 Å². The van der Waals surface area contributed by atoms with Gasteiger partial charge >= 0.3 is 5.97 Å². The van der Waals surface area contributed by atoms with Crippen LogP contribution in [0.4, 0.5) is 0 Å². The van der Waals surface area contributed by atoms with E-state index < -0.39 is 0 Å². The number of fused-ring (bicyclic) bond motifs is 1. The molecule has 26 heavy (non-hydrogen) atoms. The molecule has 3 aromatic heterocycles. The molecule has 130 valence electrons. The van der Waals surface area contributed by atoms with E-state index >= 15 is 0 Å². The molecular formula is C19H16N4O2S. The molecule has 0 radical (unpaired) electrons. The van der Waals surface area contributed by atoms with Gasteiger partial charge in [0.25, 0.3) is 0 Å². The van der Waals surface area contributed by atoms with Crippen LogP contribution >= 0.6 is 11.3 Å². The third-order valence-corrected chi connectivity index (χ3v) is 5.03. The van der Waals surface area contributed by atoms with Crippen LogP contribution in [0.15, 0.2) is 48.8 Å². The average Bonchev–Trinajstić information content (AvgIpc) is 3.26. The van der Waals surface area contributed by atoms with Crippen LogP contribution in [0.1, 0.15) is 22.2 Å². The lowest BCUT2D eigenvalue weighted by Gasteiger charge is -2.03. The molecule has 0 unspecified atom stereocenters. The Hall–Kier alpha value is -3.06. The molecule has 0 fully saturated rings. The maximum absolute atomic E-state index is 12.4. The molecule has 6 nitrogen and oxygen atoms in total. The molecule has 0 bridgehead atoms. The van der Waals surface area contributed by atoms with Gasteiger partial charge in [-0.05, 0) is 32.0 Å². The van der Waals surface area contributed by atoms with Crippen LogP contribution in [0, 0.1) is 6.92 Å². The van der Waals surface area contributed by atoms with Crippen molar-refractivity contribution in [2.75, 3.05) is 6.61 Å². The van der Waals surface area contributed by atoms with Crippen molar-refractivity contribution in [1.29, 1.82) is 0 Å². The minimum absolute atomic E-state index is 0.311. The Morgan fingerprint density at radius 1 is 1.27 bits per heavy atom. The summed E-state index contributed by atoms with van der Waals surface area (Å²) in [4.78, 5) is 17.3. The van der Waals surface area contributed by atoms with Gasteiger partial charge in [-0.25, -0.2) is 9.48 Å². The van der Waals surface area contributed by atoms with Gasteiger partial charge in [0.15, 0.2) is 0 Å². The second kappa shape index (κ2) is 6.68. The lowest BCUT2D eigenvalue weighted by Crippen LogP contribution is -2.07. The molecule has 0 saturated carbocycles. The Morgan fingerprint density at radius 3 is 2.96 bits per heavy atom. The first-order valence-electron chi connectivity index (χ1n) is 8.21. The highest BCUT2D eigenvalue weighted by molar-refractivity contribution is 7.21. The predicted octanol–water partition coefficient (Wildman–Crippen LogP) is 4.03. The van der Waals surface area contributed by atoms with E-state index in [0.29, 0.717) is 22.7 Å². The number of aromatic nitrogens is 4. The van der Waals surface area contributed by atoms with Crippen molar-refractivity contribution < 1.29 is 9.53 Å². The Bertz CT molecular complexity index is 1100. The van der Waals surface area contributed by atoms with E-state index in [1.54, 1.807) is 17.8 Å². The number of carbonyl (C=O) groups excluding carboxylic acids is 1. The van der Waals surface area contributed by atoms with Gasteiger partial charge in [-0.1, -0.05) is 29.0 Å². The van der Waals surface area contributed by atoms with E-state index in [1.165, 1.54) is 11.3 Å². The first kappa shape index (κ1) is 16.4. The van der Waals surface area contributed by atoms with Gasteiger partial charge in [0.2, 0.25) is 0 Å². The monoisotopic (exact) mass is 364 g/mol. The van der Waals surface area contributed by atoms with Crippen molar-refractivity contribution in [2.24, 2.45) is 0 Å². The fraction of sp³-hybridized carbons (Fsp3) is 0.158. The maximum atomic E-state index is 12.4. The molecule has 1 aromatic carbocycles. The summed E-state index contributed by atoms with van der Waals surface area (Å²) in [6, 6.07) is 11.8. The number of rotatable bonds is 4. The summed E-state index contributed by atoms with van der Waals surface area (Å²) in [6.45, 7) is 4.13. The molecular weight excluding hydrogens is 348 g/mol. The molecule has 4 aromatic rings. The number of hydrogen-bond donors (Lipinski definition) is 0. The second-order valence-corrected chi connectivity index (χ2v) is 6.82. The number of carbonyl (C=O) groups is 1. The lowest BCUT2D eigenvalue weighted by molar-refractivity contribution is 0.0532. The van der Waals surface area contributed by atoms with Crippen LogP contribution in [0.25, 0.3) is 27.2 Å². The summed E-state index contributed by atoms with van der Waals surface area (Å²) in [5.74, 6) is -0.377. The predicted molar refractivity (Wildman–Crippen MR) is 101 cm³/mol. The molecule has 4 rings (SSSR count). The van der Waals surface area contributed by atoms with Crippen LogP contribution in [0.3, 0.4) is 0 Å². The van der Waals surface area contributed by atoms with Gasteiger partial charge in [0.1, 0.15) is 21.8 Å². The first-order chi connectivity index (χ1) is 12.7. The Balaban J connectivity index is 1.86. The SMILES string of the molecule is CCOC(=O)c1sc2cccnc2c1-n1cc(-c2cccc(C)c2)nn1. The van der Waals surface area contributed by atoms with E-state index in [1.807, 2.05) is 49.5 Å². The number of nitrogens with zero attached hydrogens (tertiary/aromatic N) is 4. The van der Waals surface area contributed by atoms with Crippen molar-refractivity contribution in [1.82, 2.24) is 20.0 Å². The van der Waals surface area contributed by atoms with Crippen molar-refractivity contribution in [2.45, 2.75) is 13.8 Å². The van der Waals surface area contributed by atoms with E-state index in [9.17, 15) is 4.79 Å². The van der Waals surface area contributed by atoms with Crippen LogP contribution in [0.2, 0.25) is 0 Å². The molecule has 0 spiro atoms. The molecule has 0 N–H and O–H groups in total. The molecule has 3 heterocycles. The van der Waals surface area contributed by atoms with Gasteiger partial charge in [-0.3, -0.25) is 4.98 Å². The van der Waals surface area contributed by atoms with Crippen LogP contribution in [-0.2, 0) is 4.74 Å². The van der Waals surface area contributed by atoms with Crippen molar-refractivity contribution >= 4 is 27.5 Å². The molecule has 0 atom stereocenters. The fourth-order valence-corrected chi connectivity index (χ4v) is 3.82. The second-order valence-electron chi connectivity index (χ2n) is 5.77. The summed E-state index contributed by atoms with van der Waals surface area (Å²) in [6.07, 6.45) is 3.51. The van der Waals surface area contributed by atoms with Gasteiger partial charge in [-0.2, -0.15) is 0 Å². The minimum Gasteiger partial charge on any atom is -0.462 e. The molecule has 0 aliphatic carbocycles. The van der Waals surface area contributed by atoms with E-state index in [2.05, 4.69) is 15.3 Å². The molecule has 7 heteroatoms. The normalized spacial score (nSPS) is 11.0. The largest absolute Gasteiger partial charge is 0.462 e. The number of hydrogen-bond acceptors (Lipinski definition) is 6. The zero-order chi connectivity index (χ0) is 18.1. The number of thiophene rings is 1. The average molecular weight is 364 g/mol. The smallest absolute Gasteiger partial charge is 0.350 e. The quantitative estimate of drug-likeness (QED) is 0.511. The molecule has 0 saturated heterocycles. The van der Waals surface area contributed by atoms with Crippen molar-refractivity contribution in [3.63, 3.8) is 0 Å². The van der Waals surface area contributed by atoms with E-state index in [0.717, 1.165) is 21.5 Å². The number of ether oxygens (including phenoxy) is 1. The van der Waals surface area contributed by atoms with Gasteiger partial charge in [0.05, 0.1) is 17.5 Å². The summed E-state index contributed by atoms with van der Waals surface area (Å²) < 4.78 is 7.72. The number of esters is 1. The zero-order valence-corrected chi connectivity index (χ0v) is 15.2. The highest BCUT2D eigenvalue weighted by Crippen LogP contribution is 2.33. The number of aryl methyl sites for hydroxylation is 1. The van der Waals surface area contributed by atoms with Crippen LogP contribution in [-0.4, -0.2) is 32.6 Å². The van der Waals surface area contributed by atoms with Gasteiger partial charge in [0, 0.05) is 11.8 Å². The highest BCUT2D eigenvalue weighted by Gasteiger charge is 2.23. The van der Waals surface area contributed by atoms with Gasteiger partial charge in [-0.15, -0.1) is 16.4 Å². The third kappa shape index (κ3) is 2.86. The lowest BCUT2D eigenvalue weighted by atomic mass is 10.1. The van der Waals surface area contributed by atoms with E-state index in [-0.39, 0.29) is 5.97 Å². The Kier molecular flexibility index (Phi) is 4.22. The van der Waals surface area contributed by atoms with E-state index in [4.69, 9.17) is 4.74 Å². The minimum atomic E-state index is -0.377. The van der Waals surface area contributed by atoms with Gasteiger partial charge < -0.3 is 4.74 Å². The van der Waals surface area contributed by atoms with Crippen molar-refractivity contribution in [3.05, 3.63) is 59.2 Å². The third-order valence-electron chi connectivity index (χ3n) is 3.92. The Labute approximate surface area is 154 Å². The summed E-state index contributed by atoms with van der Waals surface area (Å²) in [5, 5.41) is 8.52. The summed E-state index contributed by atoms with van der Waals surface area (Å²) in [7, 11) is 0. The van der Waals surface area contributed by atoms with Crippen molar-refractivity contribution in [3.8, 4) is 16.9 Å². The summed E-state index contributed by atoms with van der Waals surface area (Å²) in [5.41, 5.74) is 4.17. The fourth-order valence-electron chi connectivity index (χ4n) is 2.77. The topological polar surface area (TPSA) is 69.9 Å². The Morgan fingerprint density at radius 2 is 2.15 bits per heavy atom. The molecule has 0 aliphatic heterocycles. The molecule has 0 amide bonds. The standard InChI is InChI=1S/C19H16N4O2S/c1-3-25-19(24)18-17(16-15(26-18)8-5-9-20-16)23-11-14(21-22-23)13-7-4-6-12(2)10-13/h4-11H,3H2,1-2H3. The molecule has 0 aliphatic rings. The highest BCUT2D eigenvalue weighted by atomic mass is 32.1. The number of pyridine rings is 1. The summed E-state index contributed by atoms with van der Waals surface area (Å²) >= 11 is 1.35. The maximum Gasteiger partial charge on any atom is 0.350 e. The zero-order valence-electron chi connectivity index (χ0n) is 14.3. The number of benzene rings is 1. The van der Waals surface area contributed by atoms with Crippen LogP contribution < -0.4 is 0 Å². The first-order valence-corrected chi connectivity index (χ1v) is 9.03.